The van der Waals surface area contributed by atoms with Gasteiger partial charge in [-0.3, -0.25) is 0 Å². The molecule has 1 aromatic carbocycles. The Kier molecular flexibility index (Phi) is 6.82. The Labute approximate surface area is 129 Å². The Morgan fingerprint density at radius 3 is 2.48 bits per heavy atom. The van der Waals surface area contributed by atoms with Crippen molar-refractivity contribution in [1.82, 2.24) is 5.32 Å². The van der Waals surface area contributed by atoms with Gasteiger partial charge in [-0.25, -0.2) is 4.39 Å². The second-order valence-corrected chi connectivity index (χ2v) is 6.86. The normalized spacial score (nSPS) is 15.0. The molecule has 0 fully saturated rings. The molecule has 0 spiro atoms. The summed E-state index contributed by atoms with van der Waals surface area (Å²) < 4.78 is 19.3. The molecule has 0 saturated carbocycles. The van der Waals surface area contributed by atoms with Crippen molar-refractivity contribution in [1.29, 1.82) is 0 Å². The molecule has 0 heterocycles. The van der Waals surface area contributed by atoms with Crippen molar-refractivity contribution in [3.63, 3.8) is 0 Å². The van der Waals surface area contributed by atoms with Gasteiger partial charge in [0, 0.05) is 13.2 Å². The van der Waals surface area contributed by atoms with Crippen LogP contribution >= 0.6 is 0 Å². The molecule has 0 aliphatic carbocycles. The van der Waals surface area contributed by atoms with Gasteiger partial charge in [-0.1, -0.05) is 33.8 Å². The van der Waals surface area contributed by atoms with Crippen LogP contribution in [0.4, 0.5) is 4.39 Å². The van der Waals surface area contributed by atoms with Gasteiger partial charge in [0.1, 0.15) is 5.82 Å². The smallest absolute Gasteiger partial charge is 0.123 e. The van der Waals surface area contributed by atoms with E-state index in [0.717, 1.165) is 30.5 Å². The molecule has 120 valence electrons. The number of methoxy groups -OCH3 is 1. The maximum absolute atomic E-state index is 13.5. The predicted molar refractivity (Wildman–Crippen MR) is 87.2 cm³/mol. The van der Waals surface area contributed by atoms with Crippen LogP contribution in [-0.4, -0.2) is 25.8 Å². The van der Waals surface area contributed by atoms with Crippen LogP contribution in [0.5, 0.6) is 0 Å². The van der Waals surface area contributed by atoms with Gasteiger partial charge < -0.3 is 10.1 Å². The summed E-state index contributed by atoms with van der Waals surface area (Å²) in [5.41, 5.74) is 2.21. The summed E-state index contributed by atoms with van der Waals surface area (Å²) in [6, 6.07) is 5.19. The van der Waals surface area contributed by atoms with Crippen LogP contribution in [0.2, 0.25) is 0 Å². The number of ether oxygens (including phenoxy) is 1. The number of halogens is 1. The molecule has 0 radical (unpaired) electrons. The molecule has 1 rings (SSSR count). The van der Waals surface area contributed by atoms with E-state index in [9.17, 15) is 4.39 Å². The van der Waals surface area contributed by atoms with E-state index in [-0.39, 0.29) is 23.4 Å². The summed E-state index contributed by atoms with van der Waals surface area (Å²) in [4.78, 5) is 0. The highest BCUT2D eigenvalue weighted by molar-refractivity contribution is 5.27. The Bertz CT molecular complexity index is 439. The van der Waals surface area contributed by atoms with Gasteiger partial charge in [-0.2, -0.15) is 0 Å². The molecule has 0 saturated heterocycles. The predicted octanol–water partition coefficient (Wildman–Crippen LogP) is 4.11. The van der Waals surface area contributed by atoms with E-state index in [2.05, 4.69) is 33.0 Å². The van der Waals surface area contributed by atoms with Crippen LogP contribution in [0, 0.1) is 18.2 Å². The fourth-order valence-electron chi connectivity index (χ4n) is 2.83. The van der Waals surface area contributed by atoms with Crippen LogP contribution in [0.1, 0.15) is 45.2 Å². The fourth-order valence-corrected chi connectivity index (χ4v) is 2.83. The molecule has 0 aliphatic heterocycles. The highest BCUT2D eigenvalue weighted by atomic mass is 19.1. The van der Waals surface area contributed by atoms with E-state index in [4.69, 9.17) is 4.74 Å². The van der Waals surface area contributed by atoms with E-state index < -0.39 is 0 Å². The summed E-state index contributed by atoms with van der Waals surface area (Å²) in [7, 11) is 1.76. The monoisotopic (exact) mass is 295 g/mol. The third-order valence-electron chi connectivity index (χ3n) is 3.88. The van der Waals surface area contributed by atoms with Gasteiger partial charge in [0.25, 0.3) is 0 Å². The largest absolute Gasteiger partial charge is 0.379 e. The minimum atomic E-state index is -0.172. The Morgan fingerprint density at radius 1 is 1.29 bits per heavy atom. The Hall–Kier alpha value is -0.930. The molecular weight excluding hydrogens is 265 g/mol. The van der Waals surface area contributed by atoms with Crippen molar-refractivity contribution < 1.29 is 9.13 Å². The van der Waals surface area contributed by atoms with E-state index in [0.29, 0.717) is 0 Å². The number of hydrogen-bond donors (Lipinski definition) is 1. The zero-order valence-corrected chi connectivity index (χ0v) is 14.3. The molecule has 0 aliphatic rings. The van der Waals surface area contributed by atoms with Crippen LogP contribution < -0.4 is 5.32 Å². The van der Waals surface area contributed by atoms with Gasteiger partial charge in [0.2, 0.25) is 0 Å². The van der Waals surface area contributed by atoms with Crippen molar-refractivity contribution >= 4 is 0 Å². The maximum atomic E-state index is 13.5. The van der Waals surface area contributed by atoms with Gasteiger partial charge in [-0.05, 0) is 55.0 Å². The molecule has 0 amide bonds. The van der Waals surface area contributed by atoms with Crippen molar-refractivity contribution in [2.24, 2.45) is 5.41 Å². The van der Waals surface area contributed by atoms with Gasteiger partial charge >= 0.3 is 0 Å². The van der Waals surface area contributed by atoms with Crippen LogP contribution in [0.25, 0.3) is 0 Å². The highest BCUT2D eigenvalue weighted by Crippen LogP contribution is 2.27. The van der Waals surface area contributed by atoms with E-state index in [1.807, 2.05) is 13.0 Å². The molecule has 1 aromatic rings. The second kappa shape index (κ2) is 7.90. The van der Waals surface area contributed by atoms with Gasteiger partial charge in [-0.15, -0.1) is 0 Å². The number of rotatable bonds is 7. The van der Waals surface area contributed by atoms with Crippen LogP contribution in [0.15, 0.2) is 18.2 Å². The molecule has 2 unspecified atom stereocenters. The molecule has 2 atom stereocenters. The number of benzene rings is 1. The third kappa shape index (κ3) is 5.40. The average molecular weight is 295 g/mol. The van der Waals surface area contributed by atoms with Crippen LogP contribution in [-0.2, 0) is 11.2 Å². The Balaban J connectivity index is 2.99. The quantitative estimate of drug-likeness (QED) is 0.817. The number of nitrogens with one attached hydrogen (secondary N) is 1. The first-order valence-electron chi connectivity index (χ1n) is 7.80. The molecule has 3 heteroatoms. The highest BCUT2D eigenvalue weighted by Gasteiger charge is 2.32. The van der Waals surface area contributed by atoms with E-state index >= 15 is 0 Å². The minimum Gasteiger partial charge on any atom is -0.379 e. The van der Waals surface area contributed by atoms with Crippen molar-refractivity contribution in [2.75, 3.05) is 13.7 Å². The topological polar surface area (TPSA) is 21.3 Å². The summed E-state index contributed by atoms with van der Waals surface area (Å²) in [5, 5.41) is 3.57. The third-order valence-corrected chi connectivity index (χ3v) is 3.88. The first kappa shape index (κ1) is 18.1. The van der Waals surface area contributed by atoms with E-state index in [1.54, 1.807) is 13.2 Å². The van der Waals surface area contributed by atoms with Crippen molar-refractivity contribution in [3.8, 4) is 0 Å². The second-order valence-electron chi connectivity index (χ2n) is 6.86. The SMILES string of the molecule is CCCNC(Cc1cc(F)ccc1C)C(OC)C(C)(C)C. The standard InChI is InChI=1S/C18H30FNO/c1-7-10-20-16(17(21-6)18(3,4)5)12-14-11-15(19)9-8-13(14)2/h8-9,11,16-17,20H,7,10,12H2,1-6H3. The van der Waals surface area contributed by atoms with Crippen molar-refractivity contribution in [2.45, 2.75) is 59.6 Å². The van der Waals surface area contributed by atoms with E-state index in [1.165, 1.54) is 6.07 Å². The fraction of sp³-hybridized carbons (Fsp3) is 0.667. The first-order valence-corrected chi connectivity index (χ1v) is 7.80. The number of aryl methyl sites for hydroxylation is 1. The lowest BCUT2D eigenvalue weighted by Gasteiger charge is -2.37. The van der Waals surface area contributed by atoms with Crippen LogP contribution in [0.3, 0.4) is 0 Å². The average Bonchev–Trinajstić information content (AvgIpc) is 2.39. The molecular formula is C18H30FNO. The zero-order chi connectivity index (χ0) is 16.0. The van der Waals surface area contributed by atoms with Gasteiger partial charge in [0.05, 0.1) is 6.10 Å². The molecule has 1 N–H and O–H groups in total. The van der Waals surface area contributed by atoms with Crippen molar-refractivity contribution in [3.05, 3.63) is 35.1 Å². The number of hydrogen-bond acceptors (Lipinski definition) is 2. The molecule has 0 bridgehead atoms. The Morgan fingerprint density at radius 2 is 1.95 bits per heavy atom. The maximum Gasteiger partial charge on any atom is 0.123 e. The lowest BCUT2D eigenvalue weighted by atomic mass is 9.82. The lowest BCUT2D eigenvalue weighted by molar-refractivity contribution is -0.0110. The summed E-state index contributed by atoms with van der Waals surface area (Å²) >= 11 is 0. The molecule has 21 heavy (non-hydrogen) atoms. The lowest BCUT2D eigenvalue weighted by Crippen LogP contribution is -2.49. The summed E-state index contributed by atoms with van der Waals surface area (Å²) in [6.07, 6.45) is 1.92. The molecule has 2 nitrogen and oxygen atoms in total. The summed E-state index contributed by atoms with van der Waals surface area (Å²) in [5.74, 6) is -0.172. The first-order chi connectivity index (χ1) is 9.79. The molecule has 0 aromatic heterocycles. The zero-order valence-electron chi connectivity index (χ0n) is 14.3. The minimum absolute atomic E-state index is 0.0292. The van der Waals surface area contributed by atoms with Gasteiger partial charge in [0.15, 0.2) is 0 Å². The summed E-state index contributed by atoms with van der Waals surface area (Å²) in [6.45, 7) is 11.7.